The minimum Gasteiger partial charge on any atom is -0.496 e. The average Bonchev–Trinajstić information content (AvgIpc) is 2.60. The molecule has 1 atom stereocenters. The number of hydrogen-bond donors (Lipinski definition) is 1. The highest BCUT2D eigenvalue weighted by atomic mass is 16.5. The molecule has 2 aromatic carbocycles. The van der Waals surface area contributed by atoms with Gasteiger partial charge in [0.1, 0.15) is 16.9 Å². The van der Waals surface area contributed by atoms with Gasteiger partial charge in [-0.25, -0.2) is 4.79 Å². The smallest absolute Gasteiger partial charge is 0.349 e. The second-order valence-electron chi connectivity index (χ2n) is 5.42. The van der Waals surface area contributed by atoms with E-state index in [1.54, 1.807) is 31.4 Å². The molecule has 24 heavy (non-hydrogen) atoms. The van der Waals surface area contributed by atoms with Crippen molar-refractivity contribution >= 4 is 16.9 Å². The van der Waals surface area contributed by atoms with Crippen LogP contribution in [0.15, 0.2) is 63.8 Å². The van der Waals surface area contributed by atoms with Gasteiger partial charge in [-0.1, -0.05) is 36.4 Å². The third-order valence-corrected chi connectivity index (χ3v) is 3.84. The Hall–Kier alpha value is -3.08. The zero-order chi connectivity index (χ0) is 17.1. The standard InChI is InChI=1S/C19H17NO4/c1-12(14-8-4-6-10-17(14)23-2)20-18(21)15-11-13-7-3-5-9-16(13)24-19(15)22/h3-12H,1-2H3,(H,20,21). The molecule has 0 aliphatic rings. The van der Waals surface area contributed by atoms with Gasteiger partial charge < -0.3 is 14.5 Å². The largest absolute Gasteiger partial charge is 0.496 e. The minimum atomic E-state index is -0.654. The molecule has 5 heteroatoms. The van der Waals surface area contributed by atoms with E-state index in [1.165, 1.54) is 0 Å². The molecule has 5 nitrogen and oxygen atoms in total. The number of fused-ring (bicyclic) bond motifs is 1. The lowest BCUT2D eigenvalue weighted by atomic mass is 10.1. The third kappa shape index (κ3) is 3.01. The number of rotatable bonds is 4. The van der Waals surface area contributed by atoms with Crippen molar-refractivity contribution in [2.45, 2.75) is 13.0 Å². The maximum atomic E-state index is 12.5. The average molecular weight is 323 g/mol. The predicted octanol–water partition coefficient (Wildman–Crippen LogP) is 3.29. The molecule has 0 fully saturated rings. The first-order valence-corrected chi connectivity index (χ1v) is 7.57. The van der Waals surface area contributed by atoms with E-state index in [9.17, 15) is 9.59 Å². The Morgan fingerprint density at radius 2 is 1.83 bits per heavy atom. The first kappa shape index (κ1) is 15.8. The van der Waals surface area contributed by atoms with Gasteiger partial charge in [-0.2, -0.15) is 0 Å². The van der Waals surface area contributed by atoms with Crippen molar-refractivity contribution in [3.63, 3.8) is 0 Å². The molecule has 1 aromatic heterocycles. The molecule has 1 amide bonds. The van der Waals surface area contributed by atoms with Crippen LogP contribution in [-0.2, 0) is 0 Å². The lowest BCUT2D eigenvalue weighted by Crippen LogP contribution is -2.30. The number of ether oxygens (including phenoxy) is 1. The summed E-state index contributed by atoms with van der Waals surface area (Å²) in [6.45, 7) is 1.83. The van der Waals surface area contributed by atoms with Crippen LogP contribution in [0.1, 0.15) is 28.9 Å². The number of amides is 1. The summed E-state index contributed by atoms with van der Waals surface area (Å²) < 4.78 is 10.5. The number of para-hydroxylation sites is 2. The molecule has 0 saturated heterocycles. The summed E-state index contributed by atoms with van der Waals surface area (Å²) >= 11 is 0. The fourth-order valence-corrected chi connectivity index (χ4v) is 2.60. The molecule has 0 bridgehead atoms. The second-order valence-corrected chi connectivity index (χ2v) is 5.42. The van der Waals surface area contributed by atoms with E-state index < -0.39 is 11.5 Å². The van der Waals surface area contributed by atoms with Crippen molar-refractivity contribution in [2.24, 2.45) is 0 Å². The molecule has 1 heterocycles. The molecule has 0 spiro atoms. The zero-order valence-corrected chi connectivity index (χ0v) is 13.4. The van der Waals surface area contributed by atoms with Crippen molar-refractivity contribution in [3.05, 3.63) is 76.1 Å². The van der Waals surface area contributed by atoms with E-state index >= 15 is 0 Å². The van der Waals surface area contributed by atoms with Gasteiger partial charge in [-0.15, -0.1) is 0 Å². The molecule has 1 unspecified atom stereocenters. The molecule has 0 aliphatic heterocycles. The fraction of sp³-hybridized carbons (Fsp3) is 0.158. The zero-order valence-electron chi connectivity index (χ0n) is 13.4. The van der Waals surface area contributed by atoms with Crippen LogP contribution in [-0.4, -0.2) is 13.0 Å². The van der Waals surface area contributed by atoms with Crippen LogP contribution >= 0.6 is 0 Å². The van der Waals surface area contributed by atoms with Crippen molar-refractivity contribution < 1.29 is 13.9 Å². The molecule has 1 N–H and O–H groups in total. The highest BCUT2D eigenvalue weighted by Gasteiger charge is 2.18. The van der Waals surface area contributed by atoms with E-state index in [0.29, 0.717) is 16.7 Å². The van der Waals surface area contributed by atoms with Crippen LogP contribution in [0, 0.1) is 0 Å². The maximum absolute atomic E-state index is 12.5. The summed E-state index contributed by atoms with van der Waals surface area (Å²) in [4.78, 5) is 24.5. The highest BCUT2D eigenvalue weighted by Crippen LogP contribution is 2.24. The van der Waals surface area contributed by atoms with Crippen LogP contribution in [0.2, 0.25) is 0 Å². The second kappa shape index (κ2) is 6.58. The summed E-state index contributed by atoms with van der Waals surface area (Å²) in [7, 11) is 1.57. The van der Waals surface area contributed by atoms with E-state index in [1.807, 2.05) is 37.3 Å². The molecule has 3 rings (SSSR count). The van der Waals surface area contributed by atoms with Gasteiger partial charge in [-0.05, 0) is 25.1 Å². The molecule has 3 aromatic rings. The maximum Gasteiger partial charge on any atom is 0.349 e. The minimum absolute atomic E-state index is 0.0181. The summed E-state index contributed by atoms with van der Waals surface area (Å²) in [6, 6.07) is 15.7. The molecule has 0 radical (unpaired) electrons. The number of methoxy groups -OCH3 is 1. The van der Waals surface area contributed by atoms with Gasteiger partial charge in [0.05, 0.1) is 13.2 Å². The van der Waals surface area contributed by atoms with Gasteiger partial charge in [-0.3, -0.25) is 4.79 Å². The number of nitrogens with one attached hydrogen (secondary N) is 1. The Bertz CT molecular complexity index is 945. The fourth-order valence-electron chi connectivity index (χ4n) is 2.60. The van der Waals surface area contributed by atoms with Crippen molar-refractivity contribution in [1.29, 1.82) is 0 Å². The van der Waals surface area contributed by atoms with Gasteiger partial charge in [0.25, 0.3) is 5.91 Å². The predicted molar refractivity (Wildman–Crippen MR) is 91.4 cm³/mol. The summed E-state index contributed by atoms with van der Waals surface area (Å²) in [5.41, 5.74) is 0.615. The topological polar surface area (TPSA) is 68.5 Å². The Morgan fingerprint density at radius 1 is 1.12 bits per heavy atom. The first-order chi connectivity index (χ1) is 11.6. The van der Waals surface area contributed by atoms with Crippen LogP contribution in [0.25, 0.3) is 11.0 Å². The summed E-state index contributed by atoms with van der Waals surface area (Å²) in [5, 5.41) is 3.51. The quantitative estimate of drug-likeness (QED) is 0.748. The summed E-state index contributed by atoms with van der Waals surface area (Å²) in [5.74, 6) is 0.198. The molecule has 0 aliphatic carbocycles. The number of carbonyl (C=O) groups is 1. The number of hydrogen-bond acceptors (Lipinski definition) is 4. The monoisotopic (exact) mass is 323 g/mol. The number of benzene rings is 2. The molecular weight excluding hydrogens is 306 g/mol. The van der Waals surface area contributed by atoms with Crippen molar-refractivity contribution in [1.82, 2.24) is 5.32 Å². The van der Waals surface area contributed by atoms with Gasteiger partial charge >= 0.3 is 5.63 Å². The van der Waals surface area contributed by atoms with Crippen LogP contribution in [0.4, 0.5) is 0 Å². The lowest BCUT2D eigenvalue weighted by Gasteiger charge is -2.17. The van der Waals surface area contributed by atoms with Gasteiger partial charge in [0, 0.05) is 10.9 Å². The van der Waals surface area contributed by atoms with E-state index in [4.69, 9.17) is 9.15 Å². The van der Waals surface area contributed by atoms with Crippen molar-refractivity contribution in [2.75, 3.05) is 7.11 Å². The Balaban J connectivity index is 1.89. The summed E-state index contributed by atoms with van der Waals surface area (Å²) in [6.07, 6.45) is 0. The Labute approximate surface area is 138 Å². The van der Waals surface area contributed by atoms with Gasteiger partial charge in [0.15, 0.2) is 0 Å². The van der Waals surface area contributed by atoms with Crippen LogP contribution < -0.4 is 15.7 Å². The van der Waals surface area contributed by atoms with Gasteiger partial charge in [0.2, 0.25) is 0 Å². The Kier molecular flexibility index (Phi) is 4.33. The molecular formula is C19H17NO4. The third-order valence-electron chi connectivity index (χ3n) is 3.84. The van der Waals surface area contributed by atoms with Crippen LogP contribution in [0.3, 0.4) is 0 Å². The van der Waals surface area contributed by atoms with Crippen molar-refractivity contribution in [3.8, 4) is 5.75 Å². The first-order valence-electron chi connectivity index (χ1n) is 7.57. The molecule has 0 saturated carbocycles. The van der Waals surface area contributed by atoms with E-state index in [2.05, 4.69) is 5.32 Å². The normalized spacial score (nSPS) is 11.9. The van der Waals surface area contributed by atoms with E-state index in [0.717, 1.165) is 5.56 Å². The Morgan fingerprint density at radius 3 is 2.62 bits per heavy atom. The lowest BCUT2D eigenvalue weighted by molar-refractivity contribution is 0.0936. The highest BCUT2D eigenvalue weighted by molar-refractivity contribution is 5.96. The SMILES string of the molecule is COc1ccccc1C(C)NC(=O)c1cc2ccccc2oc1=O. The number of carbonyl (C=O) groups excluding carboxylic acids is 1. The van der Waals surface area contributed by atoms with Crippen LogP contribution in [0.5, 0.6) is 5.75 Å². The molecule has 122 valence electrons. The van der Waals surface area contributed by atoms with E-state index in [-0.39, 0.29) is 11.6 Å².